The fourth-order valence-electron chi connectivity index (χ4n) is 1.86. The normalized spacial score (nSPS) is 15.9. The van der Waals surface area contributed by atoms with Crippen molar-refractivity contribution in [2.45, 2.75) is 31.7 Å². The summed E-state index contributed by atoms with van der Waals surface area (Å²) in [6, 6.07) is 0.670. The predicted octanol–water partition coefficient (Wildman–Crippen LogP) is -0.139. The summed E-state index contributed by atoms with van der Waals surface area (Å²) < 4.78 is 27.9. The number of hydrogen-bond donors (Lipinski definition) is 3. The molecule has 20 heavy (non-hydrogen) atoms. The van der Waals surface area contributed by atoms with Crippen LogP contribution in [0, 0.1) is 0 Å². The molecule has 1 heterocycles. The van der Waals surface area contributed by atoms with Gasteiger partial charge in [-0.15, -0.1) is 0 Å². The molecule has 1 saturated carbocycles. The lowest BCUT2D eigenvalue weighted by Crippen LogP contribution is -2.40. The van der Waals surface area contributed by atoms with Crippen molar-refractivity contribution in [3.8, 4) is 0 Å². The highest BCUT2D eigenvalue weighted by Crippen LogP contribution is 2.18. The first-order valence-corrected chi connectivity index (χ1v) is 8.44. The van der Waals surface area contributed by atoms with E-state index in [0.29, 0.717) is 25.6 Å². The highest BCUT2D eigenvalue weighted by molar-refractivity contribution is 7.87. The van der Waals surface area contributed by atoms with Gasteiger partial charge in [-0.05, 0) is 25.8 Å². The number of rotatable bonds is 10. The van der Waals surface area contributed by atoms with E-state index in [1.165, 1.54) is 17.1 Å². The molecule has 7 nitrogen and oxygen atoms in total. The van der Waals surface area contributed by atoms with Gasteiger partial charge in [0.2, 0.25) is 0 Å². The molecule has 114 valence electrons. The Morgan fingerprint density at radius 1 is 1.45 bits per heavy atom. The van der Waals surface area contributed by atoms with Crippen molar-refractivity contribution in [3.05, 3.63) is 18.2 Å². The maximum atomic E-state index is 12.0. The van der Waals surface area contributed by atoms with E-state index < -0.39 is 10.2 Å². The molecule has 8 heteroatoms. The van der Waals surface area contributed by atoms with Crippen LogP contribution in [0.2, 0.25) is 0 Å². The van der Waals surface area contributed by atoms with E-state index in [1.807, 2.05) is 0 Å². The van der Waals surface area contributed by atoms with Crippen LogP contribution in [0.15, 0.2) is 12.4 Å². The minimum Gasteiger partial charge on any atom is -0.349 e. The molecule has 1 aromatic rings. The monoisotopic (exact) mass is 301 g/mol. The molecule has 1 fully saturated rings. The third kappa shape index (κ3) is 5.20. The van der Waals surface area contributed by atoms with Crippen molar-refractivity contribution >= 4 is 10.2 Å². The Morgan fingerprint density at radius 3 is 2.90 bits per heavy atom. The molecule has 0 atom stereocenters. The van der Waals surface area contributed by atoms with Gasteiger partial charge in [0.05, 0.1) is 0 Å². The lowest BCUT2D eigenvalue weighted by atomic mass is 10.4. The summed E-state index contributed by atoms with van der Waals surface area (Å²) in [4.78, 5) is 6.99. The summed E-state index contributed by atoms with van der Waals surface area (Å²) in [6.45, 7) is 1.74. The fourth-order valence-corrected chi connectivity index (χ4v) is 2.81. The molecule has 0 spiro atoms. The summed E-state index contributed by atoms with van der Waals surface area (Å²) in [6.07, 6.45) is 7.27. The third-order valence-electron chi connectivity index (χ3n) is 3.27. The molecule has 1 aromatic heterocycles. The number of imidazole rings is 1. The largest absolute Gasteiger partial charge is 0.349 e. The van der Waals surface area contributed by atoms with E-state index in [4.69, 9.17) is 0 Å². The first-order chi connectivity index (χ1) is 9.58. The van der Waals surface area contributed by atoms with Gasteiger partial charge in [-0.1, -0.05) is 0 Å². The van der Waals surface area contributed by atoms with Crippen molar-refractivity contribution in [3.63, 3.8) is 0 Å². The molecule has 0 saturated heterocycles. The zero-order chi connectivity index (χ0) is 14.4. The van der Waals surface area contributed by atoms with Crippen LogP contribution in [-0.2, 0) is 16.6 Å². The Kier molecular flexibility index (Phi) is 5.53. The smallest absolute Gasteiger partial charge is 0.279 e. The third-order valence-corrected chi connectivity index (χ3v) is 4.84. The zero-order valence-corrected chi connectivity index (χ0v) is 12.6. The van der Waals surface area contributed by atoms with Crippen LogP contribution >= 0.6 is 0 Å². The summed E-state index contributed by atoms with van der Waals surface area (Å²) >= 11 is 0. The highest BCUT2D eigenvalue weighted by Gasteiger charge is 2.20. The molecular weight excluding hydrogens is 278 g/mol. The average molecular weight is 301 g/mol. The molecule has 1 aliphatic carbocycles. The Bertz CT molecular complexity index is 484. The summed E-state index contributed by atoms with van der Waals surface area (Å²) in [5.41, 5.74) is 0. The van der Waals surface area contributed by atoms with Crippen LogP contribution in [0.5, 0.6) is 0 Å². The van der Waals surface area contributed by atoms with E-state index in [1.54, 1.807) is 19.4 Å². The van der Waals surface area contributed by atoms with Gasteiger partial charge in [-0.2, -0.15) is 12.7 Å². The van der Waals surface area contributed by atoms with Crippen LogP contribution in [0.1, 0.15) is 25.1 Å². The first kappa shape index (κ1) is 15.4. The Morgan fingerprint density at radius 2 is 2.25 bits per heavy atom. The van der Waals surface area contributed by atoms with Crippen molar-refractivity contribution in [2.75, 3.05) is 26.7 Å². The second-order valence-electron chi connectivity index (χ2n) is 5.09. The van der Waals surface area contributed by atoms with Crippen molar-refractivity contribution in [1.82, 2.24) is 24.3 Å². The number of aromatic nitrogens is 2. The molecule has 0 amide bonds. The van der Waals surface area contributed by atoms with Gasteiger partial charge >= 0.3 is 0 Å². The number of H-pyrrole nitrogens is 1. The van der Waals surface area contributed by atoms with E-state index in [2.05, 4.69) is 20.0 Å². The van der Waals surface area contributed by atoms with Gasteiger partial charge in [-0.25, -0.2) is 9.71 Å². The van der Waals surface area contributed by atoms with Crippen molar-refractivity contribution in [1.29, 1.82) is 0 Å². The molecule has 1 aliphatic rings. The van der Waals surface area contributed by atoms with Crippen LogP contribution in [0.25, 0.3) is 0 Å². The summed E-state index contributed by atoms with van der Waals surface area (Å²) in [7, 11) is -1.78. The first-order valence-electron chi connectivity index (χ1n) is 7.00. The Labute approximate surface area is 120 Å². The number of nitrogens with zero attached hydrogens (tertiary/aromatic N) is 2. The van der Waals surface area contributed by atoms with Gasteiger partial charge in [0.15, 0.2) is 0 Å². The maximum absolute atomic E-state index is 12.0. The van der Waals surface area contributed by atoms with Gasteiger partial charge < -0.3 is 10.3 Å². The van der Waals surface area contributed by atoms with Gasteiger partial charge in [0, 0.05) is 45.0 Å². The van der Waals surface area contributed by atoms with E-state index in [9.17, 15) is 8.42 Å². The summed E-state index contributed by atoms with van der Waals surface area (Å²) in [5.74, 6) is 0.781. The molecule has 0 radical (unpaired) electrons. The van der Waals surface area contributed by atoms with Crippen LogP contribution < -0.4 is 10.0 Å². The number of aromatic amines is 1. The fraction of sp³-hybridized carbons (Fsp3) is 0.750. The molecule has 0 aliphatic heterocycles. The topological polar surface area (TPSA) is 90.1 Å². The van der Waals surface area contributed by atoms with Crippen molar-refractivity contribution in [2.24, 2.45) is 0 Å². The molecule has 0 unspecified atom stereocenters. The SMILES string of the molecule is CN(CCCNC1CC1)S(=O)(=O)NCCc1ncc[nH]1. The summed E-state index contributed by atoms with van der Waals surface area (Å²) in [5, 5.41) is 3.37. The Hall–Kier alpha value is -0.960. The van der Waals surface area contributed by atoms with E-state index in [0.717, 1.165) is 18.8 Å². The van der Waals surface area contributed by atoms with E-state index >= 15 is 0 Å². The second-order valence-corrected chi connectivity index (χ2v) is 6.95. The Balaban J connectivity index is 1.62. The minimum atomic E-state index is -3.38. The molecular formula is C12H23N5O2S. The average Bonchev–Trinajstić information content (AvgIpc) is 3.09. The molecule has 3 N–H and O–H groups in total. The number of nitrogens with one attached hydrogen (secondary N) is 3. The molecule has 0 bridgehead atoms. The highest BCUT2D eigenvalue weighted by atomic mass is 32.2. The molecule has 0 aromatic carbocycles. The number of hydrogen-bond acceptors (Lipinski definition) is 4. The maximum Gasteiger partial charge on any atom is 0.279 e. The quantitative estimate of drug-likeness (QED) is 0.525. The van der Waals surface area contributed by atoms with Crippen LogP contribution in [0.4, 0.5) is 0 Å². The van der Waals surface area contributed by atoms with Gasteiger partial charge in [0.1, 0.15) is 5.82 Å². The van der Waals surface area contributed by atoms with Crippen LogP contribution in [0.3, 0.4) is 0 Å². The van der Waals surface area contributed by atoms with Gasteiger partial charge in [0.25, 0.3) is 10.2 Å². The minimum absolute atomic E-state index is 0.348. The lowest BCUT2D eigenvalue weighted by molar-refractivity contribution is 0.444. The van der Waals surface area contributed by atoms with Gasteiger partial charge in [-0.3, -0.25) is 0 Å². The molecule has 2 rings (SSSR count). The zero-order valence-electron chi connectivity index (χ0n) is 11.8. The predicted molar refractivity (Wildman–Crippen MR) is 77.5 cm³/mol. The van der Waals surface area contributed by atoms with E-state index in [-0.39, 0.29) is 0 Å². The van der Waals surface area contributed by atoms with Crippen molar-refractivity contribution < 1.29 is 8.42 Å². The second kappa shape index (κ2) is 7.16. The lowest BCUT2D eigenvalue weighted by Gasteiger charge is -2.17. The van der Waals surface area contributed by atoms with Crippen LogP contribution in [-0.4, -0.2) is 55.4 Å². The standard InChI is InChI=1S/C12H23N5O2S/c1-17(10-2-6-13-11-3-4-11)20(18,19)16-7-5-12-14-8-9-15-12/h8-9,11,13,16H,2-7,10H2,1H3,(H,14,15).